The van der Waals surface area contributed by atoms with Crippen LogP contribution in [-0.4, -0.2) is 17.7 Å². The summed E-state index contributed by atoms with van der Waals surface area (Å²) in [6.45, 7) is 4.44. The third kappa shape index (κ3) is 4.60. The predicted octanol–water partition coefficient (Wildman–Crippen LogP) is 1.48. The second-order valence-electron chi connectivity index (χ2n) is 1.80. The molecule has 0 nitrogen and oxygen atoms in total. The van der Waals surface area contributed by atoms with Crippen molar-refractivity contribution in [2.24, 2.45) is 5.92 Å². The molecule has 0 bridgehead atoms. The summed E-state index contributed by atoms with van der Waals surface area (Å²) in [5.74, 6) is 0.884. The Bertz CT molecular complexity index is 21.5. The number of hydrogen-bond acceptors (Lipinski definition) is 0. The number of hydrogen-bond donors (Lipinski definition) is 0. The molecule has 0 rings (SSSR count). The Balaban J connectivity index is 0. The van der Waals surface area contributed by atoms with Gasteiger partial charge in [0.25, 0.3) is 0 Å². The van der Waals surface area contributed by atoms with E-state index in [0.29, 0.717) is 0 Å². The van der Waals surface area contributed by atoms with Gasteiger partial charge in [0.15, 0.2) is 0 Å². The van der Waals surface area contributed by atoms with Crippen molar-refractivity contribution >= 4 is 17.7 Å². The fourth-order valence-electron chi connectivity index (χ4n) is 0. The molecule has 0 heterocycles. The Morgan fingerprint density at radius 2 is 2.00 bits per heavy atom. The molecule has 1 heteroatoms. The Kier molecular flexibility index (Phi) is 3.15. The van der Waals surface area contributed by atoms with Crippen molar-refractivity contribution < 1.29 is 1.43 Å². The van der Waals surface area contributed by atoms with Gasteiger partial charge in [0.2, 0.25) is 0 Å². The minimum absolute atomic E-state index is 0. The minimum atomic E-state index is 0. The van der Waals surface area contributed by atoms with E-state index in [2.05, 4.69) is 31.6 Å². The summed E-state index contributed by atoms with van der Waals surface area (Å²) in [5.41, 5.74) is 0. The molecule has 0 fully saturated rings. The summed E-state index contributed by atoms with van der Waals surface area (Å²) in [6, 6.07) is 0. The summed E-state index contributed by atoms with van der Waals surface area (Å²) in [6.07, 6.45) is 0. The van der Waals surface area contributed by atoms with E-state index in [-0.39, 0.29) is 1.43 Å². The van der Waals surface area contributed by atoms with Gasteiger partial charge in [0, 0.05) is 1.43 Å². The molecule has 0 spiro atoms. The van der Waals surface area contributed by atoms with Crippen LogP contribution >= 0.6 is 0 Å². The zero-order valence-electron chi connectivity index (χ0n) is 4.28. The van der Waals surface area contributed by atoms with E-state index in [9.17, 15) is 0 Å². The van der Waals surface area contributed by atoms with Gasteiger partial charge in [-0.25, -0.2) is 0 Å². The van der Waals surface area contributed by atoms with Crippen LogP contribution in [0.15, 0.2) is 0 Å². The van der Waals surface area contributed by atoms with Gasteiger partial charge in [-0.3, -0.25) is 0 Å². The molecule has 0 saturated carbocycles. The van der Waals surface area contributed by atoms with Crippen molar-refractivity contribution in [2.75, 3.05) is 0 Å². The molecule has 0 unspecified atom stereocenters. The van der Waals surface area contributed by atoms with Crippen LogP contribution in [0.25, 0.3) is 0 Å². The van der Waals surface area contributed by atoms with Crippen molar-refractivity contribution in [3.63, 3.8) is 0 Å². The first-order valence-electron chi connectivity index (χ1n) is 2.27. The van der Waals surface area contributed by atoms with Crippen molar-refractivity contribution in [3.05, 3.63) is 0 Å². The van der Waals surface area contributed by atoms with Gasteiger partial charge in [-0.15, -0.1) is 0 Å². The second kappa shape index (κ2) is 2.81. The summed E-state index contributed by atoms with van der Waals surface area (Å²) in [5, 5.41) is 1.31. The quantitative estimate of drug-likeness (QED) is 0.406. The summed E-state index contributed by atoms with van der Waals surface area (Å²) < 4.78 is 0. The van der Waals surface area contributed by atoms with Crippen LogP contribution in [0.4, 0.5) is 0 Å². The summed E-state index contributed by atoms with van der Waals surface area (Å²) >= 11 is 2.20. The molecule has 0 atom stereocenters. The molecule has 0 aromatic carbocycles. The predicted molar refractivity (Wildman–Crippen MR) is 27.5 cm³/mol. The van der Waals surface area contributed by atoms with Crippen molar-refractivity contribution in [1.82, 2.24) is 0 Å². The van der Waals surface area contributed by atoms with E-state index in [1.54, 1.807) is 0 Å². The fourth-order valence-corrected chi connectivity index (χ4v) is 0. The van der Waals surface area contributed by atoms with Gasteiger partial charge < -0.3 is 0 Å². The van der Waals surface area contributed by atoms with Crippen LogP contribution in [0.1, 0.15) is 15.3 Å². The van der Waals surface area contributed by atoms with E-state index in [4.69, 9.17) is 0 Å². The van der Waals surface area contributed by atoms with Crippen LogP contribution in [-0.2, 0) is 0 Å². The van der Waals surface area contributed by atoms with Crippen LogP contribution < -0.4 is 0 Å². The SMILES string of the molecule is [HH].[Li][CH2]C(C)C. The van der Waals surface area contributed by atoms with Crippen LogP contribution in [0.2, 0.25) is 5.09 Å². The standard InChI is InChI=1S/C4H9.Li.H2/c1-4(2)3;;/h4H,1H2,2-3H3;;1H. The Morgan fingerprint density at radius 3 is 2.00 bits per heavy atom. The Hall–Kier alpha value is 0.597. The zero-order valence-corrected chi connectivity index (χ0v) is 4.28. The van der Waals surface area contributed by atoms with E-state index < -0.39 is 0 Å². The average Bonchev–Trinajstić information content (AvgIpc) is 1.38. The summed E-state index contributed by atoms with van der Waals surface area (Å²) in [4.78, 5) is 0. The molecule has 0 N–H and O–H groups in total. The van der Waals surface area contributed by atoms with Gasteiger partial charge in [-0.2, -0.15) is 0 Å². The maximum absolute atomic E-state index is 2.22. The van der Waals surface area contributed by atoms with E-state index in [0.717, 1.165) is 5.92 Å². The van der Waals surface area contributed by atoms with E-state index in [1.165, 1.54) is 5.09 Å². The van der Waals surface area contributed by atoms with E-state index in [1.807, 2.05) is 0 Å². The molecule has 0 aliphatic rings. The zero-order chi connectivity index (χ0) is 4.28. The third-order valence-electron chi connectivity index (χ3n) is 0.816. The van der Waals surface area contributed by atoms with Crippen LogP contribution in [0.3, 0.4) is 0 Å². The molecule has 0 aromatic heterocycles. The molecule has 0 aliphatic carbocycles. The first kappa shape index (κ1) is 5.60. The van der Waals surface area contributed by atoms with Gasteiger partial charge in [-0.1, -0.05) is 0 Å². The van der Waals surface area contributed by atoms with E-state index >= 15 is 0 Å². The molecule has 0 radical (unpaired) electrons. The van der Waals surface area contributed by atoms with Crippen molar-refractivity contribution in [1.29, 1.82) is 0 Å². The molecule has 0 saturated heterocycles. The summed E-state index contributed by atoms with van der Waals surface area (Å²) in [7, 11) is 0. The third-order valence-corrected chi connectivity index (χ3v) is 0.816. The fraction of sp³-hybridized carbons (Fsp3) is 1.00. The molecular weight excluding hydrogens is 55.0 g/mol. The topological polar surface area (TPSA) is 0 Å². The maximum atomic E-state index is 2.22. The molecular formula is C4H11Li. The molecule has 5 heavy (non-hydrogen) atoms. The molecule has 0 aliphatic heterocycles. The average molecular weight is 66.1 g/mol. The van der Waals surface area contributed by atoms with Gasteiger partial charge in [0.1, 0.15) is 0 Å². The first-order valence-corrected chi connectivity index (χ1v) is 2.27. The Labute approximate surface area is 44.6 Å². The second-order valence-corrected chi connectivity index (χ2v) is 1.80. The van der Waals surface area contributed by atoms with Crippen LogP contribution in [0, 0.1) is 5.92 Å². The normalized spacial score (nSPS) is 9.80. The first-order chi connectivity index (χ1) is 2.27. The Morgan fingerprint density at radius 1 is 1.80 bits per heavy atom. The van der Waals surface area contributed by atoms with Crippen molar-refractivity contribution in [3.8, 4) is 0 Å². The van der Waals surface area contributed by atoms with Crippen LogP contribution in [0.5, 0.6) is 0 Å². The van der Waals surface area contributed by atoms with Gasteiger partial charge in [-0.05, 0) is 0 Å². The van der Waals surface area contributed by atoms with Gasteiger partial charge in [0.05, 0.1) is 0 Å². The molecule has 0 aromatic rings. The monoisotopic (exact) mass is 66.1 g/mol. The van der Waals surface area contributed by atoms with Gasteiger partial charge >= 0.3 is 42.6 Å². The molecule has 28 valence electrons. The van der Waals surface area contributed by atoms with Crippen molar-refractivity contribution in [2.45, 2.75) is 18.9 Å². The molecule has 0 amide bonds. The number of rotatable bonds is 1.